The van der Waals surface area contributed by atoms with Gasteiger partial charge in [-0.05, 0) is 48.5 Å². The quantitative estimate of drug-likeness (QED) is 0.0734. The van der Waals surface area contributed by atoms with Crippen molar-refractivity contribution in [1.29, 1.82) is 0 Å². The number of benzene rings is 1. The minimum Gasteiger partial charge on any atom is -0.463 e. The number of amides is 1. The molecule has 0 aliphatic heterocycles. The number of ether oxygens (including phenoxy) is 1. The largest absolute Gasteiger partial charge is 0.463 e. The van der Waals surface area contributed by atoms with E-state index in [4.69, 9.17) is 4.74 Å². The maximum absolute atomic E-state index is 11.3. The van der Waals surface area contributed by atoms with E-state index in [1.54, 1.807) is 6.07 Å². The summed E-state index contributed by atoms with van der Waals surface area (Å²) in [6.45, 7) is 13.3. The van der Waals surface area contributed by atoms with Crippen LogP contribution in [-0.4, -0.2) is 38.8 Å². The molecule has 0 fully saturated rings. The lowest BCUT2D eigenvalue weighted by atomic mass is 10.0. The molecule has 2 aromatic rings. The van der Waals surface area contributed by atoms with Gasteiger partial charge in [-0.2, -0.15) is 0 Å². The van der Waals surface area contributed by atoms with Crippen molar-refractivity contribution < 1.29 is 19.5 Å². The van der Waals surface area contributed by atoms with E-state index in [2.05, 4.69) is 35.6 Å². The van der Waals surface area contributed by atoms with Crippen LogP contribution in [0.2, 0.25) is 0 Å². The Kier molecular flexibility index (Phi) is 18.9. The molecule has 0 aliphatic carbocycles. The topological polar surface area (TPSA) is 106 Å². The molecule has 1 heterocycles. The highest BCUT2D eigenvalue weighted by Gasteiger charge is 2.12. The highest BCUT2D eigenvalue weighted by atomic mass is 16.5. The van der Waals surface area contributed by atoms with E-state index < -0.39 is 0 Å². The third-order valence-corrected chi connectivity index (χ3v) is 7.08. The number of anilines is 1. The number of rotatable bonds is 20. The van der Waals surface area contributed by atoms with Crippen LogP contribution in [0.5, 0.6) is 0 Å². The Hall–Kier alpha value is -3.16. The molecule has 1 aromatic carbocycles. The predicted octanol–water partition coefficient (Wildman–Crippen LogP) is 8.39. The molecule has 0 spiro atoms. The summed E-state index contributed by atoms with van der Waals surface area (Å²) >= 11 is 0. The monoisotopic (exact) mass is 556 g/mol. The van der Waals surface area contributed by atoms with E-state index in [1.165, 1.54) is 108 Å². The second-order valence-electron chi connectivity index (χ2n) is 10.4. The number of aromatic nitrogens is 3. The van der Waals surface area contributed by atoms with Crippen LogP contribution in [-0.2, 0) is 14.3 Å². The lowest BCUT2D eigenvalue weighted by Crippen LogP contribution is -2.09. The second kappa shape index (κ2) is 21.6. The van der Waals surface area contributed by atoms with Crippen LogP contribution < -0.4 is 5.32 Å². The molecule has 1 aromatic heterocycles. The van der Waals surface area contributed by atoms with Crippen molar-refractivity contribution in [2.24, 2.45) is 0 Å². The number of carbonyl (C=O) groups excluding carboxylic acids is 2. The number of hydrogen-bond donors (Lipinski definition) is 2. The van der Waals surface area contributed by atoms with Crippen molar-refractivity contribution in [3.8, 4) is 0 Å². The van der Waals surface area contributed by atoms with Gasteiger partial charge in [0.25, 0.3) is 0 Å². The molecule has 0 saturated carbocycles. The van der Waals surface area contributed by atoms with Crippen LogP contribution in [0.25, 0.3) is 11.0 Å². The summed E-state index contributed by atoms with van der Waals surface area (Å²) < 4.78 is 4.95. The average molecular weight is 557 g/mol. The fraction of sp³-hybridized carbons (Fsp3) is 0.625. The molecule has 0 saturated heterocycles. The highest BCUT2D eigenvalue weighted by molar-refractivity contribution is 6.01. The van der Waals surface area contributed by atoms with Gasteiger partial charge in [-0.1, -0.05) is 116 Å². The first-order valence-electron chi connectivity index (χ1n) is 15.1. The smallest absolute Gasteiger partial charge is 0.330 e. The summed E-state index contributed by atoms with van der Waals surface area (Å²) in [7, 11) is 0. The summed E-state index contributed by atoms with van der Waals surface area (Å²) in [4.78, 5) is 22.6. The first-order chi connectivity index (χ1) is 19.3. The van der Waals surface area contributed by atoms with Gasteiger partial charge in [0.15, 0.2) is 0 Å². The molecule has 224 valence electrons. The number of aryl methyl sites for hydroxylation is 1. The second-order valence-corrected chi connectivity index (χ2v) is 10.4. The molecule has 2 N–H and O–H groups in total. The predicted molar refractivity (Wildman–Crippen MR) is 164 cm³/mol. The first-order valence-corrected chi connectivity index (χ1v) is 15.1. The Morgan fingerprint density at radius 2 is 1.32 bits per heavy atom. The summed E-state index contributed by atoms with van der Waals surface area (Å²) in [5.74, 6) is -0.589. The zero-order valence-corrected chi connectivity index (χ0v) is 25.2. The number of nitrogens with zero attached hydrogens (tertiary/aromatic N) is 3. The van der Waals surface area contributed by atoms with E-state index in [-0.39, 0.29) is 11.9 Å². The maximum atomic E-state index is 11.3. The van der Waals surface area contributed by atoms with Gasteiger partial charge in [0.05, 0.1) is 6.61 Å². The van der Waals surface area contributed by atoms with Gasteiger partial charge in [0.1, 0.15) is 11.0 Å². The molecule has 8 nitrogen and oxygen atoms in total. The van der Waals surface area contributed by atoms with Crippen LogP contribution in [0, 0.1) is 13.8 Å². The van der Waals surface area contributed by atoms with Crippen molar-refractivity contribution in [2.45, 2.75) is 124 Å². The van der Waals surface area contributed by atoms with Gasteiger partial charge in [-0.25, -0.2) is 4.79 Å². The van der Waals surface area contributed by atoms with E-state index >= 15 is 0 Å². The SMILES string of the molecule is C=CC(=O)Nc1cc2nn(O)nc2c(C)c1C.C=CC(=O)OCCCCCCCCCCCCCCCCCC. The minimum atomic E-state index is -0.300. The number of hydrogen-bond acceptors (Lipinski definition) is 6. The van der Waals surface area contributed by atoms with Crippen molar-refractivity contribution in [3.63, 3.8) is 0 Å². The third-order valence-electron chi connectivity index (χ3n) is 7.08. The van der Waals surface area contributed by atoms with Crippen LogP contribution in [0.1, 0.15) is 121 Å². The Morgan fingerprint density at radius 1 is 0.825 bits per heavy atom. The Balaban J connectivity index is 0.000000415. The summed E-state index contributed by atoms with van der Waals surface area (Å²) in [5, 5.41) is 19.5. The fourth-order valence-electron chi connectivity index (χ4n) is 4.49. The van der Waals surface area contributed by atoms with E-state index in [0.717, 1.165) is 17.5 Å². The summed E-state index contributed by atoms with van der Waals surface area (Å²) in [6.07, 6.45) is 24.2. The van der Waals surface area contributed by atoms with Crippen molar-refractivity contribution in [1.82, 2.24) is 15.2 Å². The van der Waals surface area contributed by atoms with Gasteiger partial charge in [-0.3, -0.25) is 4.79 Å². The zero-order valence-electron chi connectivity index (χ0n) is 25.2. The van der Waals surface area contributed by atoms with E-state index in [1.807, 2.05) is 13.8 Å². The van der Waals surface area contributed by atoms with Crippen LogP contribution in [0.4, 0.5) is 5.69 Å². The lowest BCUT2D eigenvalue weighted by Gasteiger charge is -2.08. The highest BCUT2D eigenvalue weighted by Crippen LogP contribution is 2.26. The zero-order chi connectivity index (χ0) is 29.6. The normalized spacial score (nSPS) is 10.6. The first kappa shape index (κ1) is 34.9. The number of fused-ring (bicyclic) bond motifs is 1. The number of unbranched alkanes of at least 4 members (excludes halogenated alkanes) is 15. The van der Waals surface area contributed by atoms with Crippen molar-refractivity contribution >= 4 is 28.6 Å². The summed E-state index contributed by atoms with van der Waals surface area (Å²) in [6, 6.07) is 1.67. The summed E-state index contributed by atoms with van der Waals surface area (Å²) in [5.41, 5.74) is 3.52. The molecule has 0 aliphatic rings. The van der Waals surface area contributed by atoms with E-state index in [0.29, 0.717) is 28.3 Å². The Labute approximate surface area is 241 Å². The standard InChI is InChI=1S/C21H40O2.C11H12N4O2/c1-3-5-6-7-8-9-10-11-12-13-14-15-16-17-18-19-20-23-21(22)4-2;1-4-10(16)12-8-5-9-11(7(3)6(8)2)14-15(17)13-9/h4H,2-3,5-20H2,1H3;4-5,17H,1H2,2-3H3,(H,12,16). The van der Waals surface area contributed by atoms with Gasteiger partial charge < -0.3 is 15.3 Å². The molecular formula is C32H52N4O4. The van der Waals surface area contributed by atoms with Crippen LogP contribution in [0.3, 0.4) is 0 Å². The molecule has 0 bridgehead atoms. The van der Waals surface area contributed by atoms with Crippen LogP contribution in [0.15, 0.2) is 31.4 Å². The molecule has 0 atom stereocenters. The minimum absolute atomic E-state index is 0.289. The van der Waals surface area contributed by atoms with Gasteiger partial charge >= 0.3 is 5.97 Å². The third kappa shape index (κ3) is 14.8. The molecule has 40 heavy (non-hydrogen) atoms. The molecule has 1 amide bonds. The van der Waals surface area contributed by atoms with Gasteiger partial charge in [0, 0.05) is 11.8 Å². The Morgan fingerprint density at radius 3 is 1.80 bits per heavy atom. The number of carbonyl (C=O) groups is 2. The number of nitrogens with one attached hydrogen (secondary N) is 1. The Bertz CT molecular complexity index is 1030. The van der Waals surface area contributed by atoms with Gasteiger partial charge in [-0.15, -0.1) is 10.2 Å². The molecule has 0 radical (unpaired) electrons. The average Bonchev–Trinajstić information content (AvgIpc) is 3.33. The van der Waals surface area contributed by atoms with Crippen LogP contribution >= 0.6 is 0 Å². The molecule has 2 rings (SSSR count). The maximum Gasteiger partial charge on any atom is 0.330 e. The molecule has 8 heteroatoms. The molecular weight excluding hydrogens is 504 g/mol. The fourth-order valence-corrected chi connectivity index (χ4v) is 4.49. The van der Waals surface area contributed by atoms with Crippen molar-refractivity contribution in [2.75, 3.05) is 11.9 Å². The number of esters is 1. The van der Waals surface area contributed by atoms with Crippen molar-refractivity contribution in [3.05, 3.63) is 42.5 Å². The molecule has 0 unspecified atom stereocenters. The van der Waals surface area contributed by atoms with Gasteiger partial charge in [0.2, 0.25) is 5.91 Å². The lowest BCUT2D eigenvalue weighted by molar-refractivity contribution is -0.137. The van der Waals surface area contributed by atoms with E-state index in [9.17, 15) is 14.8 Å².